The van der Waals surface area contributed by atoms with E-state index in [1.807, 2.05) is 19.1 Å². The average Bonchev–Trinajstić information content (AvgIpc) is 3.10. The highest BCUT2D eigenvalue weighted by Crippen LogP contribution is 2.36. The number of aliphatic hydroxyl groups is 3. The third-order valence-corrected chi connectivity index (χ3v) is 8.92. The molecule has 0 aromatic heterocycles. The number of phosphoric acid groups is 1. The number of carbonyl (C=O) groups is 2. The Bertz CT molecular complexity index is 1100. The summed E-state index contributed by atoms with van der Waals surface area (Å²) in [7, 11) is -4.84. The highest BCUT2D eigenvalue weighted by molar-refractivity contribution is 7.46. The van der Waals surface area contributed by atoms with E-state index in [1.54, 1.807) is 42.5 Å². The van der Waals surface area contributed by atoms with Crippen LogP contribution in [-0.4, -0.2) is 74.7 Å². The van der Waals surface area contributed by atoms with E-state index in [1.165, 1.54) is 57.4 Å². The van der Waals surface area contributed by atoms with E-state index >= 15 is 0 Å². The standard InChI is InChI=1S/C40H69O11P/c1-4-6-19-26-35(41)27-21-16-13-14-17-22-28-37(42)38(43)29-24-31-39(44)49-32-36(33-50-52(46,47)48)51-40(45)30-23-18-12-10-8-7-9-11-15-20-25-34(3)5-2/h6,13-14,16-17,19,21-22,27-28,34-38,41-43H,4-5,7-12,15,18,20,23-26,29-33H2,1-3H3,(H2,46,47,48)/b16-13+,17-14-,19-6-,27-21+,28-22-/t34?,35-,36-,37+,38+/m1/s1. The average molecular weight is 757 g/mol. The van der Waals surface area contributed by atoms with Crippen molar-refractivity contribution in [3.05, 3.63) is 60.8 Å². The minimum atomic E-state index is -4.84. The van der Waals surface area contributed by atoms with Crippen LogP contribution in [0.1, 0.15) is 136 Å². The molecule has 0 saturated heterocycles. The second-order valence-electron chi connectivity index (χ2n) is 13.3. The van der Waals surface area contributed by atoms with Gasteiger partial charge in [-0.2, -0.15) is 0 Å². The van der Waals surface area contributed by atoms with Gasteiger partial charge in [0.05, 0.1) is 24.9 Å². The van der Waals surface area contributed by atoms with E-state index in [0.717, 1.165) is 31.6 Å². The third kappa shape index (κ3) is 33.5. The highest BCUT2D eigenvalue weighted by Gasteiger charge is 2.23. The van der Waals surface area contributed by atoms with Crippen LogP contribution in [0.4, 0.5) is 0 Å². The minimum absolute atomic E-state index is 0.0897. The molecule has 0 aliphatic rings. The third-order valence-electron chi connectivity index (χ3n) is 8.43. The van der Waals surface area contributed by atoms with Gasteiger partial charge in [-0.3, -0.25) is 14.1 Å². The van der Waals surface area contributed by atoms with Crippen molar-refractivity contribution in [3.8, 4) is 0 Å². The van der Waals surface area contributed by atoms with Crippen molar-refractivity contribution in [2.24, 2.45) is 5.92 Å². The SMILES string of the molecule is CC/C=C\C[C@@H](O)/C=C/C=C/C=C\C=C/[C@H](O)[C@@H](O)CCCC(=O)OC[C@H](COP(=O)(O)O)OC(=O)CCCCCCCCCCCCC(C)CC. The lowest BCUT2D eigenvalue weighted by Crippen LogP contribution is -2.29. The molecule has 0 radical (unpaired) electrons. The van der Waals surface area contributed by atoms with Crippen molar-refractivity contribution in [1.82, 2.24) is 0 Å². The lowest BCUT2D eigenvalue weighted by molar-refractivity contribution is -0.161. The first-order valence-electron chi connectivity index (χ1n) is 19.3. The maximum Gasteiger partial charge on any atom is 0.469 e. The zero-order chi connectivity index (χ0) is 38.9. The van der Waals surface area contributed by atoms with Crippen LogP contribution in [0.2, 0.25) is 0 Å². The van der Waals surface area contributed by atoms with Gasteiger partial charge < -0.3 is 34.6 Å². The molecule has 0 heterocycles. The molecule has 5 N–H and O–H groups in total. The number of hydrogen-bond acceptors (Lipinski definition) is 9. The lowest BCUT2D eigenvalue weighted by Gasteiger charge is -2.18. The zero-order valence-electron chi connectivity index (χ0n) is 31.9. The molecule has 11 nitrogen and oxygen atoms in total. The number of hydrogen-bond donors (Lipinski definition) is 5. The molecule has 0 fully saturated rings. The van der Waals surface area contributed by atoms with Crippen LogP contribution in [-0.2, 0) is 28.2 Å². The summed E-state index contributed by atoms with van der Waals surface area (Å²) in [5, 5.41) is 30.2. The van der Waals surface area contributed by atoms with Gasteiger partial charge in [0.1, 0.15) is 6.61 Å². The van der Waals surface area contributed by atoms with Crippen molar-refractivity contribution in [2.75, 3.05) is 13.2 Å². The first-order chi connectivity index (χ1) is 24.9. The van der Waals surface area contributed by atoms with Crippen LogP contribution < -0.4 is 0 Å². The predicted molar refractivity (Wildman–Crippen MR) is 206 cm³/mol. The van der Waals surface area contributed by atoms with Crippen molar-refractivity contribution in [3.63, 3.8) is 0 Å². The predicted octanol–water partition coefficient (Wildman–Crippen LogP) is 8.11. The summed E-state index contributed by atoms with van der Waals surface area (Å²) in [5.41, 5.74) is 0. The smallest absolute Gasteiger partial charge is 0.462 e. The maximum atomic E-state index is 12.4. The van der Waals surface area contributed by atoms with Crippen molar-refractivity contribution in [1.29, 1.82) is 0 Å². The largest absolute Gasteiger partial charge is 0.469 e. The molecule has 1 unspecified atom stereocenters. The van der Waals surface area contributed by atoms with Crippen LogP contribution in [0.5, 0.6) is 0 Å². The normalized spacial score (nSPS) is 15.6. The Morgan fingerprint density at radius 2 is 1.23 bits per heavy atom. The second kappa shape index (κ2) is 33.2. The molecule has 0 aliphatic heterocycles. The lowest BCUT2D eigenvalue weighted by atomic mass is 9.99. The van der Waals surface area contributed by atoms with E-state index in [4.69, 9.17) is 19.3 Å². The summed E-state index contributed by atoms with van der Waals surface area (Å²) >= 11 is 0. The Morgan fingerprint density at radius 1 is 0.673 bits per heavy atom. The molecular formula is C40H69O11P. The van der Waals surface area contributed by atoms with Crippen LogP contribution in [0.15, 0.2) is 60.8 Å². The first kappa shape index (κ1) is 49.6. The molecule has 52 heavy (non-hydrogen) atoms. The number of unbranched alkanes of at least 4 members (excludes halogenated alkanes) is 9. The Morgan fingerprint density at radius 3 is 1.83 bits per heavy atom. The zero-order valence-corrected chi connectivity index (χ0v) is 32.8. The summed E-state index contributed by atoms with van der Waals surface area (Å²) in [5.74, 6) is -0.397. The number of allylic oxidation sites excluding steroid dienone is 7. The van der Waals surface area contributed by atoms with E-state index in [0.29, 0.717) is 12.8 Å². The van der Waals surface area contributed by atoms with Gasteiger partial charge in [0.25, 0.3) is 0 Å². The fourth-order valence-electron chi connectivity index (χ4n) is 5.04. The van der Waals surface area contributed by atoms with E-state index in [2.05, 4.69) is 18.4 Å². The molecule has 0 saturated carbocycles. The molecular weight excluding hydrogens is 687 g/mol. The van der Waals surface area contributed by atoms with Gasteiger partial charge in [0.15, 0.2) is 6.10 Å². The number of esters is 2. The van der Waals surface area contributed by atoms with Gasteiger partial charge >= 0.3 is 19.8 Å². The number of carbonyl (C=O) groups excluding carboxylic acids is 2. The maximum absolute atomic E-state index is 12.4. The van der Waals surface area contributed by atoms with Crippen LogP contribution in [0.25, 0.3) is 0 Å². The summed E-state index contributed by atoms with van der Waals surface area (Å²) in [6.07, 6.45) is 29.0. The monoisotopic (exact) mass is 756 g/mol. The fraction of sp³-hybridized carbons (Fsp3) is 0.700. The Labute approximate surface area is 313 Å². The van der Waals surface area contributed by atoms with Gasteiger partial charge in [0, 0.05) is 12.8 Å². The number of aliphatic hydroxyl groups excluding tert-OH is 3. The molecule has 300 valence electrons. The summed E-state index contributed by atoms with van der Waals surface area (Å²) in [4.78, 5) is 42.8. The summed E-state index contributed by atoms with van der Waals surface area (Å²) < 4.78 is 26.1. The van der Waals surface area contributed by atoms with Gasteiger partial charge in [-0.1, -0.05) is 152 Å². The van der Waals surface area contributed by atoms with Gasteiger partial charge in [-0.15, -0.1) is 0 Å². The molecule has 0 spiro atoms. The van der Waals surface area contributed by atoms with Crippen LogP contribution in [0.3, 0.4) is 0 Å². The van der Waals surface area contributed by atoms with Crippen molar-refractivity contribution < 1.29 is 53.3 Å². The number of ether oxygens (including phenoxy) is 2. The molecule has 0 rings (SSSR count). The molecule has 0 bridgehead atoms. The minimum Gasteiger partial charge on any atom is -0.462 e. The highest BCUT2D eigenvalue weighted by atomic mass is 31.2. The molecule has 0 aliphatic carbocycles. The molecule has 0 amide bonds. The van der Waals surface area contributed by atoms with Crippen LogP contribution >= 0.6 is 7.82 Å². The van der Waals surface area contributed by atoms with Crippen molar-refractivity contribution >= 4 is 19.8 Å². The summed E-state index contributed by atoms with van der Waals surface area (Å²) in [6.45, 7) is 5.51. The topological polar surface area (TPSA) is 180 Å². The molecule has 12 heteroatoms. The quantitative estimate of drug-likeness (QED) is 0.0144. The Balaban J connectivity index is 4.33. The van der Waals surface area contributed by atoms with Crippen LogP contribution in [0, 0.1) is 5.92 Å². The van der Waals surface area contributed by atoms with Gasteiger partial charge in [-0.25, -0.2) is 4.57 Å². The Kier molecular flexibility index (Phi) is 31.7. The van der Waals surface area contributed by atoms with E-state index in [9.17, 15) is 29.5 Å². The second-order valence-corrected chi connectivity index (χ2v) is 14.6. The number of rotatable bonds is 33. The number of phosphoric ester groups is 1. The van der Waals surface area contributed by atoms with E-state index in [-0.39, 0.29) is 25.7 Å². The molecule has 0 aromatic rings. The van der Waals surface area contributed by atoms with Crippen molar-refractivity contribution in [2.45, 2.75) is 161 Å². The van der Waals surface area contributed by atoms with Gasteiger partial charge in [0.2, 0.25) is 0 Å². The Hall–Kier alpha value is -2.37. The summed E-state index contributed by atoms with van der Waals surface area (Å²) in [6, 6.07) is 0. The molecule has 5 atom stereocenters. The van der Waals surface area contributed by atoms with E-state index < -0.39 is 57.4 Å². The van der Waals surface area contributed by atoms with Gasteiger partial charge in [-0.05, 0) is 38.0 Å². The fourth-order valence-corrected chi connectivity index (χ4v) is 5.40. The molecule has 0 aromatic carbocycles. The first-order valence-corrected chi connectivity index (χ1v) is 20.8.